The van der Waals surface area contributed by atoms with Crippen LogP contribution in [0.25, 0.3) is 5.57 Å². The topological polar surface area (TPSA) is 9.23 Å². The van der Waals surface area contributed by atoms with Gasteiger partial charge in [0.15, 0.2) is 5.67 Å². The molecule has 0 saturated heterocycles. The average molecular weight is 458 g/mol. The van der Waals surface area contributed by atoms with E-state index in [4.69, 9.17) is 0 Å². The Balaban J connectivity index is 1.95. The van der Waals surface area contributed by atoms with Crippen molar-refractivity contribution in [3.8, 4) is 5.75 Å². The maximum Gasteiger partial charge on any atom is 0.439 e. The Kier molecular flexibility index (Phi) is 6.72. The molecule has 2 atom stereocenters. The summed E-state index contributed by atoms with van der Waals surface area (Å²) in [5.41, 5.74) is -0.362. The largest absolute Gasteiger partial charge is 0.439 e. The molecule has 8 heteroatoms. The third-order valence-electron chi connectivity index (χ3n) is 5.13. The molecule has 0 aliphatic heterocycles. The number of hydrogen-bond donors (Lipinski definition) is 0. The molecule has 2 aromatic carbocycles. The van der Waals surface area contributed by atoms with Crippen molar-refractivity contribution in [2.75, 3.05) is 0 Å². The van der Waals surface area contributed by atoms with E-state index in [1.165, 1.54) is 12.1 Å². The third-order valence-corrected chi connectivity index (χ3v) is 5.13. The lowest BCUT2D eigenvalue weighted by atomic mass is 9.78. The molecule has 2 aromatic rings. The highest BCUT2D eigenvalue weighted by Gasteiger charge is 2.59. The molecule has 0 radical (unpaired) electrons. The van der Waals surface area contributed by atoms with Gasteiger partial charge in [-0.15, -0.1) is 0 Å². The minimum Gasteiger partial charge on any atom is -0.430 e. The summed E-state index contributed by atoms with van der Waals surface area (Å²) in [6.07, 6.45) is -9.14. The number of hydrogen-bond acceptors (Lipinski definition) is 1. The molecule has 0 N–H and O–H groups in total. The van der Waals surface area contributed by atoms with Gasteiger partial charge in [0.25, 0.3) is 6.17 Å². The maximum absolute atomic E-state index is 16.3. The zero-order valence-electron chi connectivity index (χ0n) is 17.1. The fourth-order valence-electron chi connectivity index (χ4n) is 3.62. The van der Waals surface area contributed by atoms with Gasteiger partial charge < -0.3 is 4.74 Å². The lowest BCUT2D eigenvalue weighted by Gasteiger charge is -2.31. The first-order valence-corrected chi connectivity index (χ1v) is 10.0. The summed E-state index contributed by atoms with van der Waals surface area (Å²) in [6, 6.07) is 11.6. The second kappa shape index (κ2) is 9.00. The lowest BCUT2D eigenvalue weighted by Crippen LogP contribution is -2.45. The van der Waals surface area contributed by atoms with Crippen molar-refractivity contribution in [3.63, 3.8) is 0 Å². The predicted octanol–water partition coefficient (Wildman–Crippen LogP) is 7.72. The lowest BCUT2D eigenvalue weighted by molar-refractivity contribution is -0.305. The normalized spacial score (nSPS) is 20.1. The van der Waals surface area contributed by atoms with Gasteiger partial charge in [0.2, 0.25) is 0 Å². The number of allylic oxidation sites excluding steroid dienone is 4. The second-order valence-corrected chi connectivity index (χ2v) is 7.56. The van der Waals surface area contributed by atoms with E-state index in [0.717, 1.165) is 30.5 Å². The van der Waals surface area contributed by atoms with E-state index in [2.05, 4.69) is 4.74 Å². The molecule has 0 spiro atoms. The molecule has 2 unspecified atom stereocenters. The number of benzene rings is 2. The van der Waals surface area contributed by atoms with Crippen LogP contribution in [-0.4, -0.2) is 18.5 Å². The Morgan fingerprint density at radius 2 is 1.75 bits per heavy atom. The monoisotopic (exact) mass is 458 g/mol. The van der Waals surface area contributed by atoms with Crippen LogP contribution in [0.3, 0.4) is 0 Å². The van der Waals surface area contributed by atoms with Crippen molar-refractivity contribution in [1.82, 2.24) is 0 Å². The molecule has 3 rings (SSSR count). The molecular weight excluding hydrogens is 437 g/mol. The summed E-state index contributed by atoms with van der Waals surface area (Å²) in [7, 11) is 0. The van der Waals surface area contributed by atoms with E-state index in [1.807, 2.05) is 19.1 Å². The van der Waals surface area contributed by atoms with Crippen LogP contribution in [0.1, 0.15) is 36.5 Å². The minimum absolute atomic E-state index is 0.0929. The van der Waals surface area contributed by atoms with Crippen molar-refractivity contribution in [3.05, 3.63) is 83.4 Å². The number of halogens is 7. The average Bonchev–Trinajstić information content (AvgIpc) is 2.73. The number of alkyl halides is 7. The van der Waals surface area contributed by atoms with Gasteiger partial charge in [-0.3, -0.25) is 0 Å². The SMILES string of the molecule is CCCc1cccc(C2=CC=CCC2(F)c2cccc(OC(F)(F)C(F)C(F)(F)F)c2)c1. The summed E-state index contributed by atoms with van der Waals surface area (Å²) in [4.78, 5) is 0. The molecule has 1 aliphatic rings. The second-order valence-electron chi connectivity index (χ2n) is 7.56. The fourth-order valence-corrected chi connectivity index (χ4v) is 3.62. The quantitative estimate of drug-likeness (QED) is 0.386. The standard InChI is InChI=1S/C24H21F7O/c1-2-7-16-8-5-9-17(14-16)20-12-3-4-13-22(20,26)18-10-6-11-19(15-18)32-24(30,31)21(25)23(27,28)29/h3-6,8-12,14-15,21H,2,7,13H2,1H3. The van der Waals surface area contributed by atoms with Crippen LogP contribution >= 0.6 is 0 Å². The first-order chi connectivity index (χ1) is 15.0. The molecule has 1 aliphatic carbocycles. The third kappa shape index (κ3) is 5.00. The highest BCUT2D eigenvalue weighted by atomic mass is 19.4. The van der Waals surface area contributed by atoms with Gasteiger partial charge in [-0.05, 0) is 35.2 Å². The van der Waals surface area contributed by atoms with Crippen LogP contribution in [0.4, 0.5) is 30.7 Å². The smallest absolute Gasteiger partial charge is 0.430 e. The molecule has 1 nitrogen and oxygen atoms in total. The van der Waals surface area contributed by atoms with Crippen LogP contribution < -0.4 is 4.74 Å². The van der Waals surface area contributed by atoms with E-state index in [-0.39, 0.29) is 17.6 Å². The molecule has 0 saturated carbocycles. The van der Waals surface area contributed by atoms with Crippen molar-refractivity contribution in [1.29, 1.82) is 0 Å². The van der Waals surface area contributed by atoms with Crippen LogP contribution in [0, 0.1) is 0 Å². The molecule has 0 amide bonds. The van der Waals surface area contributed by atoms with Crippen molar-refractivity contribution < 1.29 is 35.5 Å². The highest BCUT2D eigenvalue weighted by molar-refractivity contribution is 5.77. The zero-order valence-corrected chi connectivity index (χ0v) is 17.1. The molecular formula is C24H21F7O. The molecule has 0 fully saturated rings. The zero-order chi connectivity index (χ0) is 23.6. The van der Waals surface area contributed by atoms with E-state index in [1.54, 1.807) is 30.4 Å². The van der Waals surface area contributed by atoms with Gasteiger partial charge in [0, 0.05) is 12.0 Å². The van der Waals surface area contributed by atoms with Crippen molar-refractivity contribution in [2.45, 2.75) is 50.3 Å². The summed E-state index contributed by atoms with van der Waals surface area (Å²) in [5.74, 6) is -0.773. The van der Waals surface area contributed by atoms with Gasteiger partial charge in [-0.25, -0.2) is 8.78 Å². The van der Waals surface area contributed by atoms with Crippen LogP contribution in [0.2, 0.25) is 0 Å². The van der Waals surface area contributed by atoms with Crippen molar-refractivity contribution >= 4 is 5.57 Å². The molecule has 0 heterocycles. The Morgan fingerprint density at radius 1 is 1.03 bits per heavy atom. The van der Waals surface area contributed by atoms with Gasteiger partial charge >= 0.3 is 12.3 Å². The minimum atomic E-state index is -5.81. The first-order valence-electron chi connectivity index (χ1n) is 10.0. The molecule has 172 valence electrons. The first kappa shape index (κ1) is 23.9. The molecule has 0 aromatic heterocycles. The Labute approximate surface area is 181 Å². The Bertz CT molecular complexity index is 1010. The summed E-state index contributed by atoms with van der Waals surface area (Å²) >= 11 is 0. The van der Waals surface area contributed by atoms with Gasteiger partial charge in [0.1, 0.15) is 5.75 Å². The van der Waals surface area contributed by atoms with Crippen LogP contribution in [0.15, 0.2) is 66.8 Å². The van der Waals surface area contributed by atoms with Gasteiger partial charge in [-0.2, -0.15) is 22.0 Å². The van der Waals surface area contributed by atoms with Gasteiger partial charge in [0.05, 0.1) is 0 Å². The molecule has 0 bridgehead atoms. The summed E-state index contributed by atoms with van der Waals surface area (Å²) in [6.45, 7) is 2.01. The maximum atomic E-state index is 16.3. The van der Waals surface area contributed by atoms with E-state index < -0.39 is 29.9 Å². The highest BCUT2D eigenvalue weighted by Crippen LogP contribution is 2.46. The summed E-state index contributed by atoms with van der Waals surface area (Å²) < 4.78 is 98.1. The number of aryl methyl sites for hydroxylation is 1. The summed E-state index contributed by atoms with van der Waals surface area (Å²) in [5, 5.41) is 0. The Hall–Kier alpha value is -2.77. The van der Waals surface area contributed by atoms with E-state index >= 15 is 4.39 Å². The van der Waals surface area contributed by atoms with Gasteiger partial charge in [-0.1, -0.05) is 68.0 Å². The van der Waals surface area contributed by atoms with E-state index in [0.29, 0.717) is 5.56 Å². The number of ether oxygens (including phenoxy) is 1. The van der Waals surface area contributed by atoms with E-state index in [9.17, 15) is 26.3 Å². The fraction of sp³-hybridized carbons (Fsp3) is 0.333. The van der Waals surface area contributed by atoms with Crippen LogP contribution in [0.5, 0.6) is 5.75 Å². The molecule has 32 heavy (non-hydrogen) atoms. The van der Waals surface area contributed by atoms with Crippen LogP contribution in [-0.2, 0) is 12.1 Å². The van der Waals surface area contributed by atoms with Crippen molar-refractivity contribution in [2.24, 2.45) is 0 Å². The predicted molar refractivity (Wildman–Crippen MR) is 108 cm³/mol. The number of rotatable bonds is 7. The Morgan fingerprint density at radius 3 is 2.44 bits per heavy atom.